The number of aryl methyl sites for hydroxylation is 2. The minimum Gasteiger partial charge on any atom is -0.496 e. The Hall–Kier alpha value is -1.62. The maximum atomic E-state index is 12.1. The largest absolute Gasteiger partial charge is 0.496 e. The molecule has 102 valence electrons. The molecule has 1 aromatic heterocycles. The van der Waals surface area contributed by atoms with E-state index >= 15 is 0 Å². The van der Waals surface area contributed by atoms with Crippen LogP contribution >= 0.6 is 0 Å². The molecule has 0 amide bonds. The number of hydrogen-bond donors (Lipinski definition) is 0. The van der Waals surface area contributed by atoms with Gasteiger partial charge in [0.05, 0.1) is 24.3 Å². The Balaban J connectivity index is 2.08. The molecule has 1 aromatic carbocycles. The monoisotopic (exact) mass is 279 g/mol. The summed E-state index contributed by atoms with van der Waals surface area (Å²) in [6.45, 7) is 3.85. The molecule has 2 aromatic rings. The van der Waals surface area contributed by atoms with E-state index in [0.29, 0.717) is 17.3 Å². The number of methoxy groups -OCH3 is 1. The van der Waals surface area contributed by atoms with E-state index < -0.39 is 10.8 Å². The molecule has 4 nitrogen and oxygen atoms in total. The SMILES string of the molecule is COc1ccc(C)cc1C[S@@](=O)Cc1cc(C)no1. The summed E-state index contributed by atoms with van der Waals surface area (Å²) >= 11 is 0. The predicted octanol–water partition coefficient (Wildman–Crippen LogP) is 2.75. The summed E-state index contributed by atoms with van der Waals surface area (Å²) < 4.78 is 22.5. The van der Waals surface area contributed by atoms with Gasteiger partial charge in [-0.15, -0.1) is 0 Å². The quantitative estimate of drug-likeness (QED) is 0.844. The summed E-state index contributed by atoms with van der Waals surface area (Å²) in [4.78, 5) is 0. The molecular weight excluding hydrogens is 262 g/mol. The Morgan fingerprint density at radius 1 is 1.26 bits per heavy atom. The third kappa shape index (κ3) is 3.67. The van der Waals surface area contributed by atoms with Crippen LogP contribution in [0.2, 0.25) is 0 Å². The highest BCUT2D eigenvalue weighted by Gasteiger charge is 2.11. The fourth-order valence-corrected chi connectivity index (χ4v) is 3.02. The van der Waals surface area contributed by atoms with Crippen molar-refractivity contribution in [3.05, 3.63) is 46.8 Å². The summed E-state index contributed by atoms with van der Waals surface area (Å²) in [7, 11) is 0.579. The average molecular weight is 279 g/mol. The van der Waals surface area contributed by atoms with Gasteiger partial charge in [0.25, 0.3) is 0 Å². The number of benzene rings is 1. The second kappa shape index (κ2) is 6.02. The van der Waals surface area contributed by atoms with Gasteiger partial charge < -0.3 is 9.26 Å². The number of hydrogen-bond acceptors (Lipinski definition) is 4. The molecule has 0 N–H and O–H groups in total. The van der Waals surface area contributed by atoms with Gasteiger partial charge in [-0.25, -0.2) is 0 Å². The van der Waals surface area contributed by atoms with Crippen LogP contribution in [0.1, 0.15) is 22.6 Å². The first-order valence-corrected chi connectivity index (χ1v) is 7.48. The number of nitrogens with zero attached hydrogens (tertiary/aromatic N) is 1. The van der Waals surface area contributed by atoms with Crippen molar-refractivity contribution >= 4 is 10.8 Å². The number of ether oxygens (including phenoxy) is 1. The minimum absolute atomic E-state index is 0.373. The fourth-order valence-electron chi connectivity index (χ4n) is 1.89. The van der Waals surface area contributed by atoms with Crippen LogP contribution in [0.4, 0.5) is 0 Å². The Kier molecular flexibility index (Phi) is 4.37. The van der Waals surface area contributed by atoms with Crippen LogP contribution in [0.5, 0.6) is 5.75 Å². The first-order valence-electron chi connectivity index (χ1n) is 5.99. The summed E-state index contributed by atoms with van der Waals surface area (Å²) in [5, 5.41) is 3.79. The fraction of sp³-hybridized carbons (Fsp3) is 0.357. The standard InChI is InChI=1S/C14H17NO3S/c1-10-4-5-14(17-3)12(6-10)8-19(16)9-13-7-11(2)15-18-13/h4-7H,8-9H2,1-3H3/t19-/m1/s1. The van der Waals surface area contributed by atoms with Crippen molar-refractivity contribution < 1.29 is 13.5 Å². The summed E-state index contributed by atoms with van der Waals surface area (Å²) in [5.74, 6) is 2.25. The lowest BCUT2D eigenvalue weighted by atomic mass is 10.1. The molecule has 0 spiro atoms. The van der Waals surface area contributed by atoms with Gasteiger partial charge in [0, 0.05) is 22.4 Å². The molecule has 0 unspecified atom stereocenters. The molecule has 1 heterocycles. The molecule has 0 saturated heterocycles. The van der Waals surface area contributed by atoms with Gasteiger partial charge >= 0.3 is 0 Å². The van der Waals surface area contributed by atoms with E-state index in [-0.39, 0.29) is 0 Å². The molecule has 0 bridgehead atoms. The van der Waals surface area contributed by atoms with Gasteiger partial charge in [0.2, 0.25) is 0 Å². The maximum Gasteiger partial charge on any atom is 0.149 e. The second-order valence-electron chi connectivity index (χ2n) is 4.48. The highest BCUT2D eigenvalue weighted by Crippen LogP contribution is 2.22. The lowest BCUT2D eigenvalue weighted by Crippen LogP contribution is -2.01. The van der Waals surface area contributed by atoms with Crippen molar-refractivity contribution in [3.63, 3.8) is 0 Å². The van der Waals surface area contributed by atoms with E-state index in [1.165, 1.54) is 0 Å². The Labute approximate surface area is 115 Å². The van der Waals surface area contributed by atoms with Gasteiger partial charge in [0.1, 0.15) is 11.5 Å². The van der Waals surface area contributed by atoms with Crippen LogP contribution in [0.25, 0.3) is 0 Å². The van der Waals surface area contributed by atoms with Crippen molar-refractivity contribution in [2.24, 2.45) is 0 Å². The van der Waals surface area contributed by atoms with E-state index in [1.807, 2.05) is 38.1 Å². The highest BCUT2D eigenvalue weighted by atomic mass is 32.2. The first-order chi connectivity index (χ1) is 9.08. The molecule has 2 rings (SSSR count). The molecule has 0 aliphatic rings. The molecular formula is C14H17NO3S. The lowest BCUT2D eigenvalue weighted by molar-refractivity contribution is 0.390. The van der Waals surface area contributed by atoms with Gasteiger partial charge in [-0.3, -0.25) is 4.21 Å². The molecule has 5 heteroatoms. The van der Waals surface area contributed by atoms with Crippen LogP contribution in [0.3, 0.4) is 0 Å². The molecule has 19 heavy (non-hydrogen) atoms. The van der Waals surface area contributed by atoms with Gasteiger partial charge in [-0.1, -0.05) is 22.9 Å². The average Bonchev–Trinajstić information content (AvgIpc) is 2.75. The first kappa shape index (κ1) is 13.8. The zero-order valence-corrected chi connectivity index (χ0v) is 12.1. The Bertz CT molecular complexity index is 592. The zero-order chi connectivity index (χ0) is 13.8. The topological polar surface area (TPSA) is 52.3 Å². The third-order valence-corrected chi connectivity index (χ3v) is 3.97. The smallest absolute Gasteiger partial charge is 0.149 e. The molecule has 0 aliphatic heterocycles. The van der Waals surface area contributed by atoms with Crippen molar-refractivity contribution in [2.75, 3.05) is 7.11 Å². The predicted molar refractivity (Wildman–Crippen MR) is 74.5 cm³/mol. The summed E-state index contributed by atoms with van der Waals surface area (Å²) in [6, 6.07) is 7.69. The van der Waals surface area contributed by atoms with Gasteiger partial charge in [0.15, 0.2) is 0 Å². The number of rotatable bonds is 5. The Morgan fingerprint density at radius 3 is 2.68 bits per heavy atom. The maximum absolute atomic E-state index is 12.1. The van der Waals surface area contributed by atoms with E-state index in [9.17, 15) is 4.21 Å². The molecule has 0 fully saturated rings. The number of aromatic nitrogens is 1. The lowest BCUT2D eigenvalue weighted by Gasteiger charge is -2.08. The van der Waals surface area contributed by atoms with E-state index in [1.54, 1.807) is 7.11 Å². The Morgan fingerprint density at radius 2 is 2.05 bits per heavy atom. The van der Waals surface area contributed by atoms with Crippen molar-refractivity contribution in [2.45, 2.75) is 25.4 Å². The molecule has 1 atom stereocenters. The van der Waals surface area contributed by atoms with E-state index in [4.69, 9.17) is 9.26 Å². The molecule has 0 saturated carbocycles. The molecule has 0 radical (unpaired) electrons. The second-order valence-corrected chi connectivity index (χ2v) is 5.94. The van der Waals surface area contributed by atoms with Crippen molar-refractivity contribution in [1.29, 1.82) is 0 Å². The van der Waals surface area contributed by atoms with Crippen LogP contribution < -0.4 is 4.74 Å². The van der Waals surface area contributed by atoms with Gasteiger partial charge in [-0.2, -0.15) is 0 Å². The third-order valence-electron chi connectivity index (χ3n) is 2.73. The van der Waals surface area contributed by atoms with Crippen LogP contribution in [-0.2, 0) is 22.3 Å². The van der Waals surface area contributed by atoms with Crippen LogP contribution in [-0.4, -0.2) is 16.5 Å². The highest BCUT2D eigenvalue weighted by molar-refractivity contribution is 7.83. The van der Waals surface area contributed by atoms with Crippen LogP contribution in [0.15, 0.2) is 28.8 Å². The summed E-state index contributed by atoms with van der Waals surface area (Å²) in [6.07, 6.45) is 0. The van der Waals surface area contributed by atoms with E-state index in [2.05, 4.69) is 5.16 Å². The van der Waals surface area contributed by atoms with E-state index in [0.717, 1.165) is 22.6 Å². The van der Waals surface area contributed by atoms with Crippen molar-refractivity contribution in [1.82, 2.24) is 5.16 Å². The summed E-state index contributed by atoms with van der Waals surface area (Å²) in [5.41, 5.74) is 2.89. The van der Waals surface area contributed by atoms with Gasteiger partial charge in [-0.05, 0) is 19.9 Å². The normalized spacial score (nSPS) is 12.4. The minimum atomic E-state index is -1.04. The van der Waals surface area contributed by atoms with Crippen molar-refractivity contribution in [3.8, 4) is 5.75 Å². The molecule has 0 aliphatic carbocycles. The zero-order valence-electron chi connectivity index (χ0n) is 11.3. The van der Waals surface area contributed by atoms with Crippen LogP contribution in [0, 0.1) is 13.8 Å².